The summed E-state index contributed by atoms with van der Waals surface area (Å²) < 4.78 is 74.3. The van der Waals surface area contributed by atoms with Crippen molar-refractivity contribution in [2.24, 2.45) is 5.92 Å². The van der Waals surface area contributed by atoms with E-state index in [0.29, 0.717) is 6.61 Å². The minimum atomic E-state index is -5.08. The summed E-state index contributed by atoms with van der Waals surface area (Å²) in [5.41, 5.74) is 1.17. The highest BCUT2D eigenvalue weighted by Crippen LogP contribution is 2.29. The highest BCUT2D eigenvalue weighted by molar-refractivity contribution is 5.73. The number of aliphatic carboxylic acids is 2. The van der Waals surface area contributed by atoms with E-state index in [-0.39, 0.29) is 6.04 Å². The molecule has 16 heteroatoms. The van der Waals surface area contributed by atoms with Gasteiger partial charge in [0.05, 0.1) is 31.8 Å². The van der Waals surface area contributed by atoms with Crippen LogP contribution in [-0.4, -0.2) is 75.7 Å². The molecule has 2 aliphatic rings. The number of ether oxygens (including phenoxy) is 1. The molecular formula is C21H24F6N4O6. The predicted molar refractivity (Wildman–Crippen MR) is 113 cm³/mol. The van der Waals surface area contributed by atoms with Gasteiger partial charge in [0.1, 0.15) is 11.6 Å². The quantitative estimate of drug-likeness (QED) is 0.463. The Balaban J connectivity index is 0.000000286. The molecule has 0 radical (unpaired) electrons. The molecule has 206 valence electrons. The highest BCUT2D eigenvalue weighted by Gasteiger charge is 2.39. The van der Waals surface area contributed by atoms with Gasteiger partial charge in [-0.05, 0) is 30.9 Å². The fraction of sp³-hybridized carbons (Fsp3) is 0.524. The summed E-state index contributed by atoms with van der Waals surface area (Å²) >= 11 is 0. The standard InChI is InChI=1S/C17H22N4O2.2C2HF3O2/c1-2-13(1)9-19-16-3-5-18-17(20-16)15-12-23-8-6-21(15)10-14-4-7-22-11-14;2*3-2(4,5)1(6)7/h3-5,7,11,13,15H,1-2,6,8-10,12H2,(H,18,19,20);2*(H,6,7). The molecule has 0 spiro atoms. The molecule has 1 atom stereocenters. The van der Waals surface area contributed by atoms with Gasteiger partial charge in [0, 0.05) is 31.4 Å². The molecule has 1 saturated heterocycles. The number of hydrogen-bond acceptors (Lipinski definition) is 8. The zero-order valence-electron chi connectivity index (χ0n) is 19.1. The molecule has 37 heavy (non-hydrogen) atoms. The van der Waals surface area contributed by atoms with Crippen LogP contribution in [0.25, 0.3) is 0 Å². The Morgan fingerprint density at radius 2 is 1.70 bits per heavy atom. The Bertz CT molecular complexity index is 974. The van der Waals surface area contributed by atoms with Gasteiger partial charge in [-0.3, -0.25) is 4.90 Å². The lowest BCUT2D eigenvalue weighted by Crippen LogP contribution is -2.39. The number of furan rings is 1. The number of alkyl halides is 6. The average Bonchev–Trinajstić information content (AvgIpc) is 3.52. The second kappa shape index (κ2) is 13.2. The third-order valence-corrected chi connectivity index (χ3v) is 4.93. The van der Waals surface area contributed by atoms with Crippen molar-refractivity contribution in [1.82, 2.24) is 14.9 Å². The number of carboxylic acids is 2. The van der Waals surface area contributed by atoms with Crippen LogP contribution in [0, 0.1) is 5.92 Å². The first-order valence-corrected chi connectivity index (χ1v) is 10.8. The van der Waals surface area contributed by atoms with Crippen molar-refractivity contribution in [3.8, 4) is 0 Å². The summed E-state index contributed by atoms with van der Waals surface area (Å²) in [6.07, 6.45) is -2.16. The molecule has 3 heterocycles. The van der Waals surface area contributed by atoms with Crippen molar-refractivity contribution in [2.45, 2.75) is 37.8 Å². The zero-order valence-corrected chi connectivity index (χ0v) is 19.1. The SMILES string of the molecule is O=C(O)C(F)(F)F.O=C(O)C(F)(F)F.c1cc(NCC2CC2)nc(C2COCCN2Cc2ccoc2)n1. The van der Waals surface area contributed by atoms with Crippen LogP contribution < -0.4 is 5.32 Å². The maximum absolute atomic E-state index is 10.6. The molecule has 0 bridgehead atoms. The van der Waals surface area contributed by atoms with Crippen LogP contribution in [0.5, 0.6) is 0 Å². The van der Waals surface area contributed by atoms with E-state index >= 15 is 0 Å². The van der Waals surface area contributed by atoms with Crippen LogP contribution in [0.1, 0.15) is 30.3 Å². The van der Waals surface area contributed by atoms with E-state index in [0.717, 1.165) is 43.8 Å². The molecule has 2 aromatic rings. The van der Waals surface area contributed by atoms with Gasteiger partial charge in [-0.2, -0.15) is 26.3 Å². The fourth-order valence-electron chi connectivity index (χ4n) is 2.89. The molecule has 2 fully saturated rings. The molecule has 0 amide bonds. The molecule has 1 aliphatic heterocycles. The van der Waals surface area contributed by atoms with Crippen molar-refractivity contribution in [3.63, 3.8) is 0 Å². The van der Waals surface area contributed by atoms with Gasteiger partial charge in [0.2, 0.25) is 0 Å². The maximum atomic E-state index is 10.6. The molecule has 4 rings (SSSR count). The van der Waals surface area contributed by atoms with Crippen LogP contribution in [0.2, 0.25) is 0 Å². The Hall–Kier alpha value is -3.40. The third-order valence-electron chi connectivity index (χ3n) is 4.93. The van der Waals surface area contributed by atoms with E-state index in [1.165, 1.54) is 18.4 Å². The first-order valence-electron chi connectivity index (χ1n) is 10.8. The lowest BCUT2D eigenvalue weighted by atomic mass is 10.2. The second-order valence-electron chi connectivity index (χ2n) is 7.92. The van der Waals surface area contributed by atoms with Crippen LogP contribution in [0.3, 0.4) is 0 Å². The number of carbonyl (C=O) groups is 2. The molecule has 1 unspecified atom stereocenters. The zero-order chi connectivity index (χ0) is 27.6. The summed E-state index contributed by atoms with van der Waals surface area (Å²) in [6, 6.07) is 4.03. The van der Waals surface area contributed by atoms with Crippen molar-refractivity contribution in [3.05, 3.63) is 42.2 Å². The van der Waals surface area contributed by atoms with Gasteiger partial charge in [0.25, 0.3) is 0 Å². The number of rotatable bonds is 6. The fourth-order valence-corrected chi connectivity index (χ4v) is 2.89. The van der Waals surface area contributed by atoms with Crippen LogP contribution in [0.4, 0.5) is 32.2 Å². The topological polar surface area (TPSA) is 138 Å². The van der Waals surface area contributed by atoms with E-state index in [1.807, 2.05) is 18.3 Å². The second-order valence-corrected chi connectivity index (χ2v) is 7.92. The van der Waals surface area contributed by atoms with Crippen molar-refractivity contribution in [2.75, 3.05) is 31.6 Å². The predicted octanol–water partition coefficient (Wildman–Crippen LogP) is 3.73. The Morgan fingerprint density at radius 3 is 2.22 bits per heavy atom. The van der Waals surface area contributed by atoms with Gasteiger partial charge >= 0.3 is 24.3 Å². The van der Waals surface area contributed by atoms with Crippen LogP contribution in [0.15, 0.2) is 35.3 Å². The number of anilines is 1. The maximum Gasteiger partial charge on any atom is 0.490 e. The lowest BCUT2D eigenvalue weighted by molar-refractivity contribution is -0.193. The first-order chi connectivity index (χ1) is 17.3. The monoisotopic (exact) mass is 542 g/mol. The Labute approximate surface area is 206 Å². The molecule has 2 aromatic heterocycles. The number of nitrogens with one attached hydrogen (secondary N) is 1. The van der Waals surface area contributed by atoms with E-state index < -0.39 is 24.3 Å². The number of carboxylic acid groups (broad SMARTS) is 2. The molecule has 1 aliphatic carbocycles. The van der Waals surface area contributed by atoms with Crippen LogP contribution >= 0.6 is 0 Å². The number of nitrogens with zero attached hydrogens (tertiary/aromatic N) is 3. The first kappa shape index (κ1) is 29.8. The van der Waals surface area contributed by atoms with Crippen molar-refractivity contribution < 1.29 is 55.3 Å². The minimum absolute atomic E-state index is 0.0846. The Morgan fingerprint density at radius 1 is 1.08 bits per heavy atom. The normalized spacial score (nSPS) is 18.1. The number of halogens is 6. The van der Waals surface area contributed by atoms with Crippen molar-refractivity contribution >= 4 is 17.8 Å². The number of morpholine rings is 1. The summed E-state index contributed by atoms with van der Waals surface area (Å²) in [5.74, 6) is -2.95. The van der Waals surface area contributed by atoms with E-state index in [9.17, 15) is 26.3 Å². The minimum Gasteiger partial charge on any atom is -0.475 e. The van der Waals surface area contributed by atoms with E-state index in [1.54, 1.807) is 12.5 Å². The summed E-state index contributed by atoms with van der Waals surface area (Å²) in [7, 11) is 0. The van der Waals surface area contributed by atoms with Gasteiger partial charge < -0.3 is 24.7 Å². The highest BCUT2D eigenvalue weighted by atomic mass is 19.4. The molecule has 3 N–H and O–H groups in total. The van der Waals surface area contributed by atoms with Gasteiger partial charge in [-0.25, -0.2) is 19.6 Å². The Kier molecular flexibility index (Phi) is 10.7. The van der Waals surface area contributed by atoms with E-state index in [2.05, 4.69) is 15.2 Å². The molecule has 0 aromatic carbocycles. The smallest absolute Gasteiger partial charge is 0.475 e. The molecule has 10 nitrogen and oxygen atoms in total. The van der Waals surface area contributed by atoms with Crippen LogP contribution in [-0.2, 0) is 20.9 Å². The lowest BCUT2D eigenvalue weighted by Gasteiger charge is -2.34. The van der Waals surface area contributed by atoms with Gasteiger partial charge in [-0.1, -0.05) is 0 Å². The largest absolute Gasteiger partial charge is 0.490 e. The van der Waals surface area contributed by atoms with Crippen molar-refractivity contribution in [1.29, 1.82) is 0 Å². The van der Waals surface area contributed by atoms with Gasteiger partial charge in [-0.15, -0.1) is 0 Å². The number of hydrogen-bond donors (Lipinski definition) is 3. The van der Waals surface area contributed by atoms with E-state index in [4.69, 9.17) is 33.9 Å². The third kappa shape index (κ3) is 11.0. The summed E-state index contributed by atoms with van der Waals surface area (Å²) in [6.45, 7) is 4.08. The number of aromatic nitrogens is 2. The summed E-state index contributed by atoms with van der Waals surface area (Å²) in [5, 5.41) is 17.7. The molecule has 1 saturated carbocycles. The molecular weight excluding hydrogens is 518 g/mol. The van der Waals surface area contributed by atoms with Gasteiger partial charge in [0.15, 0.2) is 0 Å². The average molecular weight is 542 g/mol. The summed E-state index contributed by atoms with van der Waals surface area (Å²) in [4.78, 5) is 29.3.